The van der Waals surface area contributed by atoms with Crippen LogP contribution in [0.1, 0.15) is 24.9 Å². The Morgan fingerprint density at radius 1 is 1.58 bits per heavy atom. The zero-order chi connectivity index (χ0) is 8.97. The van der Waals surface area contributed by atoms with Crippen LogP contribution in [-0.2, 0) is 6.42 Å². The maximum Gasteiger partial charge on any atom is 0.136 e. The molecular weight excluding hydrogens is 148 g/mol. The summed E-state index contributed by atoms with van der Waals surface area (Å²) in [5, 5.41) is 0. The maximum absolute atomic E-state index is 4.36. The van der Waals surface area contributed by atoms with E-state index in [9.17, 15) is 0 Å². The minimum absolute atomic E-state index is 0.869. The van der Waals surface area contributed by atoms with E-state index in [0.717, 1.165) is 24.4 Å². The highest BCUT2D eigenvalue weighted by molar-refractivity contribution is 5.42. The van der Waals surface area contributed by atoms with Gasteiger partial charge in [0.15, 0.2) is 0 Å². The number of nitrogens with zero attached hydrogens (tertiary/aromatic N) is 2. The highest BCUT2D eigenvalue weighted by Gasteiger charge is 2.00. The van der Waals surface area contributed by atoms with Crippen molar-refractivity contribution in [2.45, 2.75) is 19.8 Å². The van der Waals surface area contributed by atoms with Gasteiger partial charge in [-0.3, -0.25) is 0 Å². The minimum atomic E-state index is 0.869. The van der Waals surface area contributed by atoms with Crippen LogP contribution in [0.5, 0.6) is 0 Å². The third kappa shape index (κ3) is 1.64. The summed E-state index contributed by atoms with van der Waals surface area (Å²) in [5.41, 5.74) is 1.10. The SMILES string of the molecule is C=Cc1nc(CCC)cn1C=C. The van der Waals surface area contributed by atoms with Gasteiger partial charge in [-0.15, -0.1) is 0 Å². The number of imidazole rings is 1. The van der Waals surface area contributed by atoms with Crippen LogP contribution in [0.3, 0.4) is 0 Å². The Bertz CT molecular complexity index is 259. The van der Waals surface area contributed by atoms with Crippen molar-refractivity contribution in [2.75, 3.05) is 0 Å². The standard InChI is InChI=1S/C10H14N2/c1-4-7-9-8-12(6-3)10(5-2)11-9/h5-6,8H,2-4,7H2,1H3. The van der Waals surface area contributed by atoms with Crippen LogP contribution in [0.15, 0.2) is 19.4 Å². The highest BCUT2D eigenvalue weighted by atomic mass is 15.0. The molecule has 1 aromatic heterocycles. The van der Waals surface area contributed by atoms with Crippen molar-refractivity contribution in [2.24, 2.45) is 0 Å². The summed E-state index contributed by atoms with van der Waals surface area (Å²) in [5.74, 6) is 0.869. The second-order valence-corrected chi connectivity index (χ2v) is 2.63. The Kier molecular flexibility index (Phi) is 2.86. The van der Waals surface area contributed by atoms with Crippen LogP contribution < -0.4 is 0 Å². The number of rotatable bonds is 4. The minimum Gasteiger partial charge on any atom is -0.307 e. The Labute approximate surface area is 73.2 Å². The molecule has 0 radical (unpaired) electrons. The first kappa shape index (κ1) is 8.78. The second-order valence-electron chi connectivity index (χ2n) is 2.63. The summed E-state index contributed by atoms with van der Waals surface area (Å²) in [6, 6.07) is 0. The molecule has 0 saturated carbocycles. The van der Waals surface area contributed by atoms with Gasteiger partial charge in [-0.25, -0.2) is 4.98 Å². The van der Waals surface area contributed by atoms with Crippen LogP contribution in [0.2, 0.25) is 0 Å². The summed E-state index contributed by atoms with van der Waals surface area (Å²) in [6.45, 7) is 9.51. The fraction of sp³-hybridized carbons (Fsp3) is 0.300. The van der Waals surface area contributed by atoms with Gasteiger partial charge < -0.3 is 4.57 Å². The van der Waals surface area contributed by atoms with Crippen LogP contribution in [0.4, 0.5) is 0 Å². The Morgan fingerprint density at radius 3 is 2.75 bits per heavy atom. The van der Waals surface area contributed by atoms with Gasteiger partial charge >= 0.3 is 0 Å². The Morgan fingerprint density at radius 2 is 2.33 bits per heavy atom. The van der Waals surface area contributed by atoms with Crippen molar-refractivity contribution < 1.29 is 0 Å². The molecule has 0 saturated heterocycles. The lowest BCUT2D eigenvalue weighted by atomic mass is 10.3. The van der Waals surface area contributed by atoms with E-state index in [4.69, 9.17) is 0 Å². The van der Waals surface area contributed by atoms with E-state index in [2.05, 4.69) is 25.1 Å². The van der Waals surface area contributed by atoms with Crippen molar-refractivity contribution in [1.82, 2.24) is 9.55 Å². The van der Waals surface area contributed by atoms with Gasteiger partial charge in [0.2, 0.25) is 0 Å². The molecule has 1 aromatic rings. The Hall–Kier alpha value is -1.31. The summed E-state index contributed by atoms with van der Waals surface area (Å²) >= 11 is 0. The molecule has 0 amide bonds. The molecule has 1 heterocycles. The molecule has 0 unspecified atom stereocenters. The molecule has 64 valence electrons. The predicted octanol–water partition coefficient (Wildman–Crippen LogP) is 2.58. The number of aromatic nitrogens is 2. The van der Waals surface area contributed by atoms with E-state index in [1.54, 1.807) is 12.3 Å². The molecule has 1 rings (SSSR count). The first-order valence-electron chi connectivity index (χ1n) is 4.14. The summed E-state index contributed by atoms with van der Waals surface area (Å²) in [7, 11) is 0. The third-order valence-electron chi connectivity index (χ3n) is 1.70. The van der Waals surface area contributed by atoms with Gasteiger partial charge in [-0.2, -0.15) is 0 Å². The van der Waals surface area contributed by atoms with Gasteiger partial charge in [-0.05, 0) is 12.5 Å². The predicted molar refractivity (Wildman–Crippen MR) is 52.7 cm³/mol. The van der Waals surface area contributed by atoms with E-state index in [0.29, 0.717) is 0 Å². The highest BCUT2D eigenvalue weighted by Crippen LogP contribution is 2.06. The average molecular weight is 162 g/mol. The first-order valence-corrected chi connectivity index (χ1v) is 4.14. The third-order valence-corrected chi connectivity index (χ3v) is 1.70. The van der Waals surface area contributed by atoms with Gasteiger partial charge in [0.1, 0.15) is 5.82 Å². The van der Waals surface area contributed by atoms with Gasteiger partial charge in [0.05, 0.1) is 5.69 Å². The lowest BCUT2D eigenvalue weighted by molar-refractivity contribution is 0.891. The topological polar surface area (TPSA) is 17.8 Å². The van der Waals surface area contributed by atoms with Crippen molar-refractivity contribution >= 4 is 12.3 Å². The molecule has 0 bridgehead atoms. The molecule has 0 aliphatic rings. The fourth-order valence-electron chi connectivity index (χ4n) is 1.13. The molecule has 0 atom stereocenters. The summed E-state index contributed by atoms with van der Waals surface area (Å²) in [4.78, 5) is 4.36. The van der Waals surface area contributed by atoms with E-state index >= 15 is 0 Å². The van der Waals surface area contributed by atoms with Crippen molar-refractivity contribution in [1.29, 1.82) is 0 Å². The fourth-order valence-corrected chi connectivity index (χ4v) is 1.13. The van der Waals surface area contributed by atoms with E-state index in [1.165, 1.54) is 0 Å². The molecule has 0 fully saturated rings. The van der Waals surface area contributed by atoms with E-state index in [-0.39, 0.29) is 0 Å². The second kappa shape index (κ2) is 3.90. The quantitative estimate of drug-likeness (QED) is 0.665. The zero-order valence-corrected chi connectivity index (χ0v) is 7.45. The summed E-state index contributed by atoms with van der Waals surface area (Å²) in [6.07, 6.45) is 7.60. The molecule has 0 aliphatic heterocycles. The normalized spacial score (nSPS) is 9.75. The molecule has 0 spiro atoms. The largest absolute Gasteiger partial charge is 0.307 e. The van der Waals surface area contributed by atoms with Gasteiger partial charge in [0, 0.05) is 12.4 Å². The molecule has 0 N–H and O–H groups in total. The average Bonchev–Trinajstić information content (AvgIpc) is 2.48. The summed E-state index contributed by atoms with van der Waals surface area (Å²) < 4.78 is 1.89. The lowest BCUT2D eigenvalue weighted by Gasteiger charge is -1.91. The van der Waals surface area contributed by atoms with Crippen LogP contribution in [-0.4, -0.2) is 9.55 Å². The smallest absolute Gasteiger partial charge is 0.136 e. The number of hydrogen-bond acceptors (Lipinski definition) is 1. The first-order chi connectivity index (χ1) is 5.81. The van der Waals surface area contributed by atoms with Crippen LogP contribution >= 0.6 is 0 Å². The molecule has 2 nitrogen and oxygen atoms in total. The Balaban J connectivity index is 2.96. The van der Waals surface area contributed by atoms with Crippen molar-refractivity contribution in [3.05, 3.63) is 30.9 Å². The molecule has 2 heteroatoms. The van der Waals surface area contributed by atoms with Crippen molar-refractivity contribution in [3.8, 4) is 0 Å². The van der Waals surface area contributed by atoms with E-state index < -0.39 is 0 Å². The molecular formula is C10H14N2. The zero-order valence-electron chi connectivity index (χ0n) is 7.45. The molecule has 0 aliphatic carbocycles. The van der Waals surface area contributed by atoms with Gasteiger partial charge in [0.25, 0.3) is 0 Å². The van der Waals surface area contributed by atoms with Crippen molar-refractivity contribution in [3.63, 3.8) is 0 Å². The van der Waals surface area contributed by atoms with Crippen LogP contribution in [0.25, 0.3) is 12.3 Å². The molecule has 12 heavy (non-hydrogen) atoms. The number of aryl methyl sites for hydroxylation is 1. The van der Waals surface area contributed by atoms with Crippen LogP contribution in [0, 0.1) is 0 Å². The molecule has 0 aromatic carbocycles. The number of hydrogen-bond donors (Lipinski definition) is 0. The van der Waals surface area contributed by atoms with E-state index in [1.807, 2.05) is 10.8 Å². The lowest BCUT2D eigenvalue weighted by Crippen LogP contribution is -1.85. The monoisotopic (exact) mass is 162 g/mol. The maximum atomic E-state index is 4.36. The van der Waals surface area contributed by atoms with Gasteiger partial charge in [-0.1, -0.05) is 26.5 Å².